The Hall–Kier alpha value is -5.22. The first-order valence-corrected chi connectivity index (χ1v) is 21.6. The average molecular weight is 759 g/mol. The maximum atomic E-state index is 6.36. The van der Waals surface area contributed by atoms with Gasteiger partial charge in [0, 0.05) is 44.9 Å². The van der Waals surface area contributed by atoms with Crippen molar-refractivity contribution in [3.63, 3.8) is 0 Å². The zero-order valence-electron chi connectivity index (χ0n) is 36.0. The largest absolute Gasteiger partial charge is 0.456 e. The average Bonchev–Trinajstić information content (AvgIpc) is 3.56. The number of benzene rings is 6. The highest BCUT2D eigenvalue weighted by Crippen LogP contribution is 2.52. The zero-order valence-corrected chi connectivity index (χ0v) is 36.0. The van der Waals surface area contributed by atoms with E-state index < -0.39 is 0 Å². The second-order valence-electron chi connectivity index (χ2n) is 20.9. The molecule has 4 heteroatoms. The van der Waals surface area contributed by atoms with Crippen LogP contribution in [0.2, 0.25) is 0 Å². The standard InChI is InChI=1S/C54H55BN2O/c1-32-15-19-42-44(25-32)56(34-17-20-49-37(28-34)36-13-11-12-14-48(36)58-49)46-26-33(2)27-47-50(46)55(42)43-30-40-41(54(9,10)24-23-53(40,7)8)31-45(43)57(47)35-16-18-38-39(29-35)52(5,6)22-21-51(38,3)4/h11-20,25-31H,21-24H2,1-10H3. The Labute approximate surface area is 345 Å². The molecule has 3 heterocycles. The summed E-state index contributed by atoms with van der Waals surface area (Å²) in [5.41, 5.74) is 22.5. The summed E-state index contributed by atoms with van der Waals surface area (Å²) in [7, 11) is 0. The lowest BCUT2D eigenvalue weighted by atomic mass is 9.33. The molecule has 0 amide bonds. The second-order valence-corrected chi connectivity index (χ2v) is 20.9. The molecule has 0 bridgehead atoms. The molecule has 0 N–H and O–H groups in total. The van der Waals surface area contributed by atoms with Crippen LogP contribution in [0.1, 0.15) is 114 Å². The van der Waals surface area contributed by atoms with Crippen molar-refractivity contribution >= 4 is 79.2 Å². The van der Waals surface area contributed by atoms with Gasteiger partial charge in [0.1, 0.15) is 11.2 Å². The molecule has 6 aromatic carbocycles. The van der Waals surface area contributed by atoms with E-state index in [1.807, 2.05) is 0 Å². The van der Waals surface area contributed by atoms with E-state index >= 15 is 0 Å². The van der Waals surface area contributed by atoms with Crippen LogP contribution < -0.4 is 26.2 Å². The molecule has 0 fully saturated rings. The third-order valence-electron chi connectivity index (χ3n) is 15.1. The molecule has 0 atom stereocenters. The number of nitrogens with zero attached hydrogens (tertiary/aromatic N) is 2. The van der Waals surface area contributed by atoms with Gasteiger partial charge in [0.15, 0.2) is 0 Å². The van der Waals surface area contributed by atoms with Gasteiger partial charge in [0.05, 0.1) is 0 Å². The fraction of sp³-hybridized carbons (Fsp3) is 0.333. The number of para-hydroxylation sites is 1. The third kappa shape index (κ3) is 4.99. The summed E-state index contributed by atoms with van der Waals surface area (Å²) in [4.78, 5) is 5.22. The van der Waals surface area contributed by atoms with Gasteiger partial charge in [0.25, 0.3) is 6.71 Å². The molecule has 0 spiro atoms. The number of hydrogen-bond donors (Lipinski definition) is 0. The molecule has 0 unspecified atom stereocenters. The quantitative estimate of drug-likeness (QED) is 0.164. The Kier molecular flexibility index (Phi) is 7.25. The summed E-state index contributed by atoms with van der Waals surface area (Å²) in [6.07, 6.45) is 4.77. The van der Waals surface area contributed by atoms with E-state index in [4.69, 9.17) is 4.42 Å². The van der Waals surface area contributed by atoms with Gasteiger partial charge in [-0.2, -0.15) is 0 Å². The Morgan fingerprint density at radius 1 is 0.448 bits per heavy atom. The summed E-state index contributed by atoms with van der Waals surface area (Å²) in [5, 5.41) is 2.30. The molecule has 58 heavy (non-hydrogen) atoms. The van der Waals surface area contributed by atoms with Crippen molar-refractivity contribution in [3.05, 3.63) is 137 Å². The van der Waals surface area contributed by atoms with E-state index in [9.17, 15) is 0 Å². The maximum absolute atomic E-state index is 6.36. The van der Waals surface area contributed by atoms with Gasteiger partial charge in [-0.1, -0.05) is 97.9 Å². The fourth-order valence-electron chi connectivity index (χ4n) is 11.4. The summed E-state index contributed by atoms with van der Waals surface area (Å²) in [6.45, 7) is 24.3. The Bertz CT molecular complexity index is 2910. The minimum atomic E-state index is 0.0831. The van der Waals surface area contributed by atoms with Crippen LogP contribution in [0.15, 0.2) is 108 Å². The number of anilines is 6. The monoisotopic (exact) mass is 758 g/mol. The Balaban J connectivity index is 1.23. The van der Waals surface area contributed by atoms with Gasteiger partial charge in [0.2, 0.25) is 0 Å². The van der Waals surface area contributed by atoms with Crippen LogP contribution in [0.25, 0.3) is 21.9 Å². The summed E-state index contributed by atoms with van der Waals surface area (Å²) in [5.74, 6) is 0. The van der Waals surface area contributed by atoms with Crippen molar-refractivity contribution < 1.29 is 4.42 Å². The van der Waals surface area contributed by atoms with Gasteiger partial charge in [-0.25, -0.2) is 0 Å². The molecule has 0 saturated carbocycles. The molecule has 290 valence electrons. The molecule has 1 aromatic heterocycles. The van der Waals surface area contributed by atoms with Crippen LogP contribution in [-0.2, 0) is 21.7 Å². The first kappa shape index (κ1) is 35.9. The van der Waals surface area contributed by atoms with Gasteiger partial charge >= 0.3 is 0 Å². The summed E-state index contributed by atoms with van der Waals surface area (Å²) >= 11 is 0. The van der Waals surface area contributed by atoms with Crippen LogP contribution >= 0.6 is 0 Å². The van der Waals surface area contributed by atoms with E-state index in [1.54, 1.807) is 0 Å². The lowest BCUT2D eigenvalue weighted by molar-refractivity contribution is 0.332. The van der Waals surface area contributed by atoms with Gasteiger partial charge in [-0.05, 0) is 172 Å². The molecule has 11 rings (SSSR count). The van der Waals surface area contributed by atoms with Crippen LogP contribution in [0.3, 0.4) is 0 Å². The Morgan fingerprint density at radius 2 is 0.983 bits per heavy atom. The molecule has 2 aliphatic carbocycles. The minimum absolute atomic E-state index is 0.0831. The van der Waals surface area contributed by atoms with Gasteiger partial charge < -0.3 is 14.2 Å². The van der Waals surface area contributed by atoms with Crippen LogP contribution in [0.5, 0.6) is 0 Å². The summed E-state index contributed by atoms with van der Waals surface area (Å²) < 4.78 is 6.36. The topological polar surface area (TPSA) is 19.6 Å². The lowest BCUT2D eigenvalue weighted by Gasteiger charge is -2.48. The van der Waals surface area contributed by atoms with E-state index in [-0.39, 0.29) is 28.4 Å². The van der Waals surface area contributed by atoms with E-state index in [0.717, 1.165) is 27.6 Å². The number of rotatable bonds is 2. The molecule has 2 aliphatic heterocycles. The normalized spacial score (nSPS) is 19.0. The van der Waals surface area contributed by atoms with Crippen LogP contribution in [0.4, 0.5) is 34.1 Å². The van der Waals surface area contributed by atoms with Crippen molar-refractivity contribution in [2.45, 2.75) is 117 Å². The highest BCUT2D eigenvalue weighted by molar-refractivity contribution is 7.00. The number of hydrogen-bond acceptors (Lipinski definition) is 3. The first-order chi connectivity index (χ1) is 27.5. The zero-order chi connectivity index (χ0) is 40.3. The first-order valence-electron chi connectivity index (χ1n) is 21.6. The van der Waals surface area contributed by atoms with Crippen LogP contribution in [-0.4, -0.2) is 6.71 Å². The predicted molar refractivity (Wildman–Crippen MR) is 248 cm³/mol. The van der Waals surface area contributed by atoms with E-state index in [2.05, 4.69) is 182 Å². The fourth-order valence-corrected chi connectivity index (χ4v) is 11.4. The Morgan fingerprint density at radius 3 is 1.67 bits per heavy atom. The molecule has 4 aliphatic rings. The third-order valence-corrected chi connectivity index (χ3v) is 15.1. The van der Waals surface area contributed by atoms with Crippen molar-refractivity contribution in [1.29, 1.82) is 0 Å². The molecular weight excluding hydrogens is 703 g/mol. The highest BCUT2D eigenvalue weighted by Gasteiger charge is 2.47. The van der Waals surface area contributed by atoms with Crippen molar-refractivity contribution in [2.75, 3.05) is 9.80 Å². The van der Waals surface area contributed by atoms with Gasteiger partial charge in [-0.15, -0.1) is 0 Å². The second kappa shape index (κ2) is 11.7. The summed E-state index contributed by atoms with van der Waals surface area (Å²) in [6, 6.07) is 40.1. The smallest absolute Gasteiger partial charge is 0.252 e. The SMILES string of the molecule is Cc1ccc2c(c1)N(c1ccc3oc4ccccc4c3c1)c1cc(C)cc3c1B2c1cc2c(cc1N3c1ccc3c(c1)C(C)(C)CCC3(C)C)C(C)(C)CCC2(C)C. The lowest BCUT2D eigenvalue weighted by Crippen LogP contribution is -2.62. The van der Waals surface area contributed by atoms with Crippen molar-refractivity contribution in [2.24, 2.45) is 0 Å². The van der Waals surface area contributed by atoms with Crippen LogP contribution in [0, 0.1) is 13.8 Å². The molecule has 0 radical (unpaired) electrons. The van der Waals surface area contributed by atoms with Crippen molar-refractivity contribution in [1.82, 2.24) is 0 Å². The predicted octanol–water partition coefficient (Wildman–Crippen LogP) is 13.0. The molecule has 7 aromatic rings. The number of aryl methyl sites for hydroxylation is 2. The van der Waals surface area contributed by atoms with E-state index in [1.165, 1.54) is 104 Å². The van der Waals surface area contributed by atoms with Gasteiger partial charge in [-0.3, -0.25) is 0 Å². The van der Waals surface area contributed by atoms with Crippen molar-refractivity contribution in [3.8, 4) is 0 Å². The minimum Gasteiger partial charge on any atom is -0.456 e. The molecular formula is C54H55BN2O. The van der Waals surface area contributed by atoms with E-state index in [0.29, 0.717) is 0 Å². The molecule has 3 nitrogen and oxygen atoms in total. The molecule has 0 saturated heterocycles. The number of fused-ring (bicyclic) bond motifs is 9. The highest BCUT2D eigenvalue weighted by atomic mass is 16.3. The maximum Gasteiger partial charge on any atom is 0.252 e. The number of furan rings is 1.